The van der Waals surface area contributed by atoms with Crippen LogP contribution in [0, 0.1) is 0 Å². The van der Waals surface area contributed by atoms with E-state index < -0.39 is 0 Å². The molecule has 0 spiro atoms. The van der Waals surface area contributed by atoms with Gasteiger partial charge in [-0.25, -0.2) is 0 Å². The second-order valence-corrected chi connectivity index (χ2v) is 6.19. The topological polar surface area (TPSA) is 47.6 Å². The van der Waals surface area contributed by atoms with E-state index in [-0.39, 0.29) is 5.91 Å². The number of thioether (sulfide) groups is 1. The molecule has 1 aliphatic heterocycles. The number of benzene rings is 1. The molecule has 0 bridgehead atoms. The lowest BCUT2D eigenvalue weighted by molar-refractivity contribution is -0.119. The quantitative estimate of drug-likeness (QED) is 0.867. The smallest absolute Gasteiger partial charge is 0.230 e. The molecule has 1 aromatic rings. The molecule has 0 aromatic heterocycles. The summed E-state index contributed by atoms with van der Waals surface area (Å²) in [6, 6.07) is 6.22. The molecule has 5 heteroatoms. The number of ether oxygens (including phenoxy) is 2. The zero-order chi connectivity index (χ0) is 13.8. The van der Waals surface area contributed by atoms with Crippen LogP contribution < -0.4 is 14.8 Å². The van der Waals surface area contributed by atoms with Gasteiger partial charge in [0, 0.05) is 10.9 Å². The minimum absolute atomic E-state index is 0.122. The van der Waals surface area contributed by atoms with E-state index in [2.05, 4.69) is 5.32 Å². The molecule has 1 saturated carbocycles. The summed E-state index contributed by atoms with van der Waals surface area (Å²) in [6.07, 6.45) is 4.72. The standard InChI is InChI=1S/C15H19NO3S/c17-15(16-11-3-1-2-4-11)10-20-12-5-6-13-14(9-12)19-8-7-18-13/h5-6,9,11H,1-4,7-8,10H2,(H,16,17). The summed E-state index contributed by atoms with van der Waals surface area (Å²) >= 11 is 1.54. The molecule has 0 unspecified atom stereocenters. The minimum Gasteiger partial charge on any atom is -0.486 e. The molecule has 1 heterocycles. The van der Waals surface area contributed by atoms with Gasteiger partial charge in [0.15, 0.2) is 11.5 Å². The van der Waals surface area contributed by atoms with Crippen molar-refractivity contribution in [3.8, 4) is 11.5 Å². The van der Waals surface area contributed by atoms with Crippen LogP contribution in [0.15, 0.2) is 23.1 Å². The molecule has 1 amide bonds. The summed E-state index contributed by atoms with van der Waals surface area (Å²) < 4.78 is 11.0. The van der Waals surface area contributed by atoms with Gasteiger partial charge in [-0.05, 0) is 31.0 Å². The number of rotatable bonds is 4. The monoisotopic (exact) mass is 293 g/mol. The Morgan fingerprint density at radius 3 is 2.75 bits per heavy atom. The van der Waals surface area contributed by atoms with E-state index in [0.717, 1.165) is 29.2 Å². The Morgan fingerprint density at radius 1 is 1.20 bits per heavy atom. The van der Waals surface area contributed by atoms with Crippen LogP contribution in [0.25, 0.3) is 0 Å². The molecule has 4 nitrogen and oxygen atoms in total. The lowest BCUT2D eigenvalue weighted by atomic mass is 10.2. The number of hydrogen-bond donors (Lipinski definition) is 1. The van der Waals surface area contributed by atoms with E-state index in [4.69, 9.17) is 9.47 Å². The fourth-order valence-corrected chi connectivity index (χ4v) is 3.34. The zero-order valence-electron chi connectivity index (χ0n) is 11.4. The van der Waals surface area contributed by atoms with Crippen molar-refractivity contribution < 1.29 is 14.3 Å². The van der Waals surface area contributed by atoms with Crippen molar-refractivity contribution in [1.29, 1.82) is 0 Å². The second kappa shape index (κ2) is 6.39. The van der Waals surface area contributed by atoms with Gasteiger partial charge in [0.05, 0.1) is 5.75 Å². The summed E-state index contributed by atoms with van der Waals surface area (Å²) in [5.41, 5.74) is 0. The molecule has 2 aliphatic rings. The van der Waals surface area contributed by atoms with Gasteiger partial charge in [0.1, 0.15) is 13.2 Å². The van der Waals surface area contributed by atoms with E-state index in [1.807, 2.05) is 18.2 Å². The van der Waals surface area contributed by atoms with Crippen molar-refractivity contribution in [2.75, 3.05) is 19.0 Å². The first kappa shape index (κ1) is 13.6. The summed E-state index contributed by atoms with van der Waals surface area (Å²) in [7, 11) is 0. The average Bonchev–Trinajstić information content (AvgIpc) is 2.98. The van der Waals surface area contributed by atoms with E-state index >= 15 is 0 Å². The maximum absolute atomic E-state index is 11.9. The molecule has 0 saturated heterocycles. The Morgan fingerprint density at radius 2 is 1.95 bits per heavy atom. The molecule has 108 valence electrons. The third kappa shape index (κ3) is 3.39. The largest absolute Gasteiger partial charge is 0.486 e. The predicted molar refractivity (Wildman–Crippen MR) is 78.6 cm³/mol. The third-order valence-corrected chi connectivity index (χ3v) is 4.60. The lowest BCUT2D eigenvalue weighted by Crippen LogP contribution is -2.33. The highest BCUT2D eigenvalue weighted by Gasteiger charge is 2.17. The van der Waals surface area contributed by atoms with Crippen LogP contribution in [-0.2, 0) is 4.79 Å². The van der Waals surface area contributed by atoms with Crippen LogP contribution in [0.4, 0.5) is 0 Å². The van der Waals surface area contributed by atoms with Crippen LogP contribution in [0.3, 0.4) is 0 Å². The van der Waals surface area contributed by atoms with Gasteiger partial charge in [-0.3, -0.25) is 4.79 Å². The zero-order valence-corrected chi connectivity index (χ0v) is 12.2. The fourth-order valence-electron chi connectivity index (χ4n) is 2.60. The van der Waals surface area contributed by atoms with Gasteiger partial charge in [-0.15, -0.1) is 11.8 Å². The van der Waals surface area contributed by atoms with E-state index in [1.54, 1.807) is 0 Å². The number of hydrogen-bond acceptors (Lipinski definition) is 4. The van der Waals surface area contributed by atoms with Gasteiger partial charge in [0.25, 0.3) is 0 Å². The first-order valence-electron chi connectivity index (χ1n) is 7.13. The molecule has 1 fully saturated rings. The van der Waals surface area contributed by atoms with Crippen LogP contribution in [0.2, 0.25) is 0 Å². The molecule has 0 radical (unpaired) electrons. The molecule has 20 heavy (non-hydrogen) atoms. The molecule has 1 N–H and O–H groups in total. The molecule has 1 aromatic carbocycles. The van der Waals surface area contributed by atoms with Gasteiger partial charge in [-0.2, -0.15) is 0 Å². The summed E-state index contributed by atoms with van der Waals surface area (Å²) in [5, 5.41) is 3.10. The molecular weight excluding hydrogens is 274 g/mol. The van der Waals surface area contributed by atoms with E-state index in [1.165, 1.54) is 24.6 Å². The molecular formula is C15H19NO3S. The maximum Gasteiger partial charge on any atom is 0.230 e. The molecule has 0 atom stereocenters. The lowest BCUT2D eigenvalue weighted by Gasteiger charge is -2.18. The molecule has 3 rings (SSSR count). The highest BCUT2D eigenvalue weighted by molar-refractivity contribution is 8.00. The third-order valence-electron chi connectivity index (χ3n) is 3.60. The van der Waals surface area contributed by atoms with E-state index in [9.17, 15) is 4.79 Å². The van der Waals surface area contributed by atoms with Crippen molar-refractivity contribution in [3.05, 3.63) is 18.2 Å². The van der Waals surface area contributed by atoms with Gasteiger partial charge >= 0.3 is 0 Å². The average molecular weight is 293 g/mol. The Bertz CT molecular complexity index is 486. The summed E-state index contributed by atoms with van der Waals surface area (Å²) in [6.45, 7) is 1.19. The Labute approximate surface area is 123 Å². The number of nitrogens with one attached hydrogen (secondary N) is 1. The SMILES string of the molecule is O=C(CSc1ccc2c(c1)OCCO2)NC1CCCC1. The number of amides is 1. The van der Waals surface area contributed by atoms with Gasteiger partial charge in [-0.1, -0.05) is 12.8 Å². The van der Waals surface area contributed by atoms with Crippen molar-refractivity contribution in [3.63, 3.8) is 0 Å². The van der Waals surface area contributed by atoms with Crippen molar-refractivity contribution in [2.45, 2.75) is 36.6 Å². The van der Waals surface area contributed by atoms with Gasteiger partial charge in [0.2, 0.25) is 5.91 Å². The fraction of sp³-hybridized carbons (Fsp3) is 0.533. The number of carbonyl (C=O) groups excluding carboxylic acids is 1. The van der Waals surface area contributed by atoms with Crippen LogP contribution in [-0.4, -0.2) is 30.9 Å². The normalized spacial score (nSPS) is 18.0. The Hall–Kier alpha value is -1.36. The van der Waals surface area contributed by atoms with Crippen LogP contribution >= 0.6 is 11.8 Å². The Balaban J connectivity index is 1.51. The molecule has 1 aliphatic carbocycles. The van der Waals surface area contributed by atoms with Gasteiger partial charge < -0.3 is 14.8 Å². The minimum atomic E-state index is 0.122. The van der Waals surface area contributed by atoms with Crippen LogP contribution in [0.1, 0.15) is 25.7 Å². The first-order valence-corrected chi connectivity index (χ1v) is 8.11. The van der Waals surface area contributed by atoms with E-state index in [0.29, 0.717) is 25.0 Å². The highest BCUT2D eigenvalue weighted by atomic mass is 32.2. The number of carbonyl (C=O) groups is 1. The van der Waals surface area contributed by atoms with Crippen LogP contribution in [0.5, 0.6) is 11.5 Å². The highest BCUT2D eigenvalue weighted by Crippen LogP contribution is 2.34. The van der Waals surface area contributed by atoms with Crippen molar-refractivity contribution in [2.24, 2.45) is 0 Å². The predicted octanol–water partition coefficient (Wildman–Crippen LogP) is 2.61. The summed E-state index contributed by atoms with van der Waals surface area (Å²) in [5.74, 6) is 2.14. The summed E-state index contributed by atoms with van der Waals surface area (Å²) in [4.78, 5) is 12.9. The maximum atomic E-state index is 11.9. The Kier molecular flexibility index (Phi) is 4.35. The first-order chi connectivity index (χ1) is 9.81. The second-order valence-electron chi connectivity index (χ2n) is 5.14. The van der Waals surface area contributed by atoms with Crippen molar-refractivity contribution >= 4 is 17.7 Å². The number of fused-ring (bicyclic) bond motifs is 1. The van der Waals surface area contributed by atoms with Crippen molar-refractivity contribution in [1.82, 2.24) is 5.32 Å².